The van der Waals surface area contributed by atoms with Crippen LogP contribution >= 0.6 is 23.4 Å². The van der Waals surface area contributed by atoms with Gasteiger partial charge in [0.1, 0.15) is 0 Å². The molecule has 0 fully saturated rings. The number of carboxylic acid groups (broad SMARTS) is 2. The van der Waals surface area contributed by atoms with Gasteiger partial charge in [0.05, 0.1) is 18.4 Å². The van der Waals surface area contributed by atoms with Crippen LogP contribution in [0.2, 0.25) is 5.02 Å². The Bertz CT molecular complexity index is 839. The number of hydrogen-bond acceptors (Lipinski definition) is 4. The van der Waals surface area contributed by atoms with Crippen molar-refractivity contribution in [2.45, 2.75) is 63.1 Å². The number of carboxylic acids is 2. The Morgan fingerprint density at radius 3 is 2.41 bits per heavy atom. The second kappa shape index (κ2) is 10.7. The van der Waals surface area contributed by atoms with Gasteiger partial charge in [0.25, 0.3) is 0 Å². The molecular weight excluding hydrogens is 412 g/mol. The number of rotatable bonds is 12. The molecule has 29 heavy (non-hydrogen) atoms. The minimum Gasteiger partial charge on any atom is -0.480 e. The minimum absolute atomic E-state index is 0.0115. The number of nitrogens with zero attached hydrogens (tertiary/aromatic N) is 2. The van der Waals surface area contributed by atoms with Gasteiger partial charge in [-0.3, -0.25) is 9.59 Å². The van der Waals surface area contributed by atoms with Crippen molar-refractivity contribution in [2.24, 2.45) is 0 Å². The van der Waals surface area contributed by atoms with Crippen molar-refractivity contribution < 1.29 is 19.8 Å². The number of imidazole rings is 1. The Balaban J connectivity index is 2.60. The average molecular weight is 439 g/mol. The standard InChI is InChI=1S/C21H27ClN2O4S/c1-3-5-8-11-21(18(25)26,19(27)28)17-13-23-20(29-12-4-2)24(17)14-15-9-6-7-10-16(15)22/h6-7,9-10,13H,3-5,8,11-12,14H2,1-2H3,(H,25,26)(H,27,28). The number of benzene rings is 1. The molecule has 158 valence electrons. The number of aromatic nitrogens is 2. The van der Waals surface area contributed by atoms with Gasteiger partial charge in [0, 0.05) is 10.8 Å². The van der Waals surface area contributed by atoms with E-state index in [0.29, 0.717) is 16.6 Å². The first-order valence-corrected chi connectivity index (χ1v) is 11.1. The van der Waals surface area contributed by atoms with E-state index < -0.39 is 17.4 Å². The third kappa shape index (κ3) is 5.14. The molecule has 0 spiro atoms. The molecule has 0 saturated heterocycles. The van der Waals surface area contributed by atoms with E-state index in [-0.39, 0.29) is 18.7 Å². The molecule has 1 aromatic heterocycles. The maximum absolute atomic E-state index is 12.3. The van der Waals surface area contributed by atoms with E-state index in [1.165, 1.54) is 18.0 Å². The smallest absolute Gasteiger partial charge is 0.327 e. The molecule has 2 rings (SSSR count). The summed E-state index contributed by atoms with van der Waals surface area (Å²) in [5.41, 5.74) is -1.08. The van der Waals surface area contributed by atoms with E-state index >= 15 is 0 Å². The van der Waals surface area contributed by atoms with Crippen molar-refractivity contribution in [3.05, 3.63) is 46.7 Å². The summed E-state index contributed by atoms with van der Waals surface area (Å²) in [4.78, 5) is 29.0. The van der Waals surface area contributed by atoms with Crippen molar-refractivity contribution >= 4 is 35.3 Å². The summed E-state index contributed by atoms with van der Waals surface area (Å²) in [6.45, 7) is 4.29. The SMILES string of the molecule is CCCCCC(C(=O)O)(C(=O)O)c1cnc(SCCC)n1Cc1ccccc1Cl. The van der Waals surface area contributed by atoms with Gasteiger partial charge < -0.3 is 14.8 Å². The fourth-order valence-electron chi connectivity index (χ4n) is 3.25. The van der Waals surface area contributed by atoms with E-state index in [2.05, 4.69) is 4.98 Å². The molecule has 8 heteroatoms. The van der Waals surface area contributed by atoms with Crippen molar-refractivity contribution in [2.75, 3.05) is 5.75 Å². The molecule has 0 atom stereocenters. The van der Waals surface area contributed by atoms with E-state index in [4.69, 9.17) is 11.6 Å². The zero-order valence-corrected chi connectivity index (χ0v) is 18.3. The van der Waals surface area contributed by atoms with Gasteiger partial charge in [-0.15, -0.1) is 0 Å². The lowest BCUT2D eigenvalue weighted by atomic mass is 9.79. The molecular formula is C21H27ClN2O4S. The lowest BCUT2D eigenvalue weighted by Gasteiger charge is -2.27. The summed E-state index contributed by atoms with van der Waals surface area (Å²) >= 11 is 7.80. The molecule has 0 saturated carbocycles. The van der Waals surface area contributed by atoms with Gasteiger partial charge in [-0.25, -0.2) is 4.98 Å². The Kier molecular flexibility index (Phi) is 8.59. The minimum atomic E-state index is -2.05. The predicted molar refractivity (Wildman–Crippen MR) is 115 cm³/mol. The van der Waals surface area contributed by atoms with Crippen LogP contribution < -0.4 is 0 Å². The van der Waals surface area contributed by atoms with Crippen LogP contribution in [-0.2, 0) is 21.5 Å². The van der Waals surface area contributed by atoms with E-state index in [0.717, 1.165) is 30.6 Å². The molecule has 0 aliphatic heterocycles. The van der Waals surface area contributed by atoms with Gasteiger partial charge >= 0.3 is 11.9 Å². The van der Waals surface area contributed by atoms with Crippen molar-refractivity contribution in [3.8, 4) is 0 Å². The van der Waals surface area contributed by atoms with Gasteiger partial charge in [0.15, 0.2) is 5.16 Å². The van der Waals surface area contributed by atoms with Crippen molar-refractivity contribution in [1.29, 1.82) is 0 Å². The van der Waals surface area contributed by atoms with Crippen LogP contribution in [-0.4, -0.2) is 37.5 Å². The summed E-state index contributed by atoms with van der Waals surface area (Å²) in [7, 11) is 0. The summed E-state index contributed by atoms with van der Waals surface area (Å²) in [6, 6.07) is 7.27. The molecule has 0 amide bonds. The molecule has 6 nitrogen and oxygen atoms in total. The van der Waals surface area contributed by atoms with Crippen LogP contribution in [0.5, 0.6) is 0 Å². The van der Waals surface area contributed by atoms with E-state index in [1.54, 1.807) is 10.6 Å². The van der Waals surface area contributed by atoms with E-state index in [1.807, 2.05) is 32.0 Å². The predicted octanol–water partition coefficient (Wildman–Crippen LogP) is 5.07. The number of aliphatic carboxylic acids is 2. The molecule has 1 aromatic carbocycles. The Hall–Kier alpha value is -1.99. The summed E-state index contributed by atoms with van der Waals surface area (Å²) in [5, 5.41) is 21.2. The Morgan fingerprint density at radius 2 is 1.83 bits per heavy atom. The third-order valence-corrected chi connectivity index (χ3v) is 6.43. The zero-order chi connectivity index (χ0) is 21.4. The second-order valence-electron chi connectivity index (χ2n) is 6.92. The van der Waals surface area contributed by atoms with Crippen molar-refractivity contribution in [3.63, 3.8) is 0 Å². The van der Waals surface area contributed by atoms with Crippen LogP contribution in [0.15, 0.2) is 35.6 Å². The lowest BCUT2D eigenvalue weighted by Crippen LogP contribution is -2.45. The normalized spacial score (nSPS) is 11.6. The molecule has 2 aromatic rings. The lowest BCUT2D eigenvalue weighted by molar-refractivity contribution is -0.158. The molecule has 0 aliphatic rings. The van der Waals surface area contributed by atoms with Crippen LogP contribution in [0.1, 0.15) is 57.2 Å². The largest absolute Gasteiger partial charge is 0.480 e. The number of thioether (sulfide) groups is 1. The molecule has 1 heterocycles. The van der Waals surface area contributed by atoms with Crippen LogP contribution in [0.4, 0.5) is 0 Å². The maximum atomic E-state index is 12.3. The molecule has 0 unspecified atom stereocenters. The van der Waals surface area contributed by atoms with Crippen molar-refractivity contribution in [1.82, 2.24) is 9.55 Å². The van der Waals surface area contributed by atoms with Gasteiger partial charge in [-0.2, -0.15) is 0 Å². The molecule has 0 bridgehead atoms. The van der Waals surface area contributed by atoms with Crippen LogP contribution in [0, 0.1) is 0 Å². The fourth-order valence-corrected chi connectivity index (χ4v) is 4.28. The van der Waals surface area contributed by atoms with Gasteiger partial charge in [0.2, 0.25) is 5.41 Å². The number of unbranched alkanes of at least 4 members (excludes halogenated alkanes) is 2. The van der Waals surface area contributed by atoms with Gasteiger partial charge in [-0.05, 0) is 24.5 Å². The average Bonchev–Trinajstić information content (AvgIpc) is 3.07. The first kappa shape index (κ1) is 23.3. The highest BCUT2D eigenvalue weighted by atomic mass is 35.5. The monoisotopic (exact) mass is 438 g/mol. The zero-order valence-electron chi connectivity index (χ0n) is 16.7. The second-order valence-corrected chi connectivity index (χ2v) is 8.39. The Morgan fingerprint density at radius 1 is 1.14 bits per heavy atom. The molecule has 0 radical (unpaired) electrons. The highest BCUT2D eigenvalue weighted by Crippen LogP contribution is 2.35. The maximum Gasteiger partial charge on any atom is 0.327 e. The first-order chi connectivity index (χ1) is 13.9. The highest BCUT2D eigenvalue weighted by molar-refractivity contribution is 7.99. The number of carbonyl (C=O) groups is 2. The molecule has 2 N–H and O–H groups in total. The Labute approximate surface area is 180 Å². The summed E-state index contributed by atoms with van der Waals surface area (Å²) in [6.07, 6.45) is 4.47. The summed E-state index contributed by atoms with van der Waals surface area (Å²) in [5.74, 6) is -1.94. The highest BCUT2D eigenvalue weighted by Gasteiger charge is 2.50. The van der Waals surface area contributed by atoms with Crippen LogP contribution in [0.25, 0.3) is 0 Å². The van der Waals surface area contributed by atoms with Crippen LogP contribution in [0.3, 0.4) is 0 Å². The van der Waals surface area contributed by atoms with Gasteiger partial charge in [-0.1, -0.05) is 74.7 Å². The topological polar surface area (TPSA) is 92.4 Å². The van der Waals surface area contributed by atoms with E-state index in [9.17, 15) is 19.8 Å². The quantitative estimate of drug-likeness (QED) is 0.273. The summed E-state index contributed by atoms with van der Waals surface area (Å²) < 4.78 is 1.70. The first-order valence-electron chi connectivity index (χ1n) is 9.77. The number of halogens is 1. The third-order valence-electron chi connectivity index (χ3n) is 4.86. The fraction of sp³-hybridized carbons (Fsp3) is 0.476. The molecule has 0 aliphatic carbocycles. The number of hydrogen-bond donors (Lipinski definition) is 2.